The van der Waals surface area contributed by atoms with Crippen molar-refractivity contribution in [2.75, 3.05) is 7.11 Å². The van der Waals surface area contributed by atoms with E-state index in [1.54, 1.807) is 24.4 Å². The first-order valence-electron chi connectivity index (χ1n) is 11.5. The standard InChI is InChI=1S/C25H28N4O5S/c1-34-25(31)22(29-35(32,33)21-7-3-2-4-8-21)16-23(30)27-20-14-17(15-20)9-11-19-12-10-18-6-5-13-26-24(18)28-19/h2-8,10,12-13,17,20,22,29H,9,11,14-16H2,1H3,(H,27,30)/t17?,20?,22-/m0/s1. The molecule has 2 aromatic heterocycles. The lowest BCUT2D eigenvalue weighted by Gasteiger charge is -2.36. The normalized spacial score (nSPS) is 18.4. The molecule has 1 fully saturated rings. The average molecular weight is 497 g/mol. The number of aromatic nitrogens is 2. The molecule has 184 valence electrons. The summed E-state index contributed by atoms with van der Waals surface area (Å²) in [5.41, 5.74) is 1.74. The number of rotatable bonds is 10. The van der Waals surface area contributed by atoms with Gasteiger partial charge in [0.1, 0.15) is 6.04 Å². The first-order valence-corrected chi connectivity index (χ1v) is 13.0. The van der Waals surface area contributed by atoms with E-state index in [9.17, 15) is 18.0 Å². The van der Waals surface area contributed by atoms with Crippen molar-refractivity contribution < 1.29 is 22.7 Å². The summed E-state index contributed by atoms with van der Waals surface area (Å²) in [7, 11) is -2.82. The fourth-order valence-corrected chi connectivity index (χ4v) is 5.42. The third kappa shape index (κ3) is 6.40. The van der Waals surface area contributed by atoms with Crippen LogP contribution in [0, 0.1) is 5.92 Å². The van der Waals surface area contributed by atoms with Crippen LogP contribution in [0.1, 0.15) is 31.4 Å². The molecule has 0 spiro atoms. The highest BCUT2D eigenvalue weighted by Gasteiger charge is 2.33. The lowest BCUT2D eigenvalue weighted by molar-refractivity contribution is -0.144. The van der Waals surface area contributed by atoms with E-state index >= 15 is 0 Å². The van der Waals surface area contributed by atoms with Crippen LogP contribution in [0.25, 0.3) is 11.0 Å². The predicted octanol–water partition coefficient (Wildman–Crippen LogP) is 2.37. The SMILES string of the molecule is COC(=O)[C@H](CC(=O)NC1CC(CCc2ccc3cccnc3n2)C1)NS(=O)(=O)c1ccccc1. The number of carbonyl (C=O) groups excluding carboxylic acids is 2. The smallest absolute Gasteiger partial charge is 0.324 e. The fraction of sp³-hybridized carbons (Fsp3) is 0.360. The predicted molar refractivity (Wildman–Crippen MR) is 130 cm³/mol. The number of sulfonamides is 1. The summed E-state index contributed by atoms with van der Waals surface area (Å²) in [6.45, 7) is 0. The van der Waals surface area contributed by atoms with Gasteiger partial charge in [-0.1, -0.05) is 18.2 Å². The quantitative estimate of drug-likeness (QED) is 0.413. The number of pyridine rings is 2. The largest absolute Gasteiger partial charge is 0.468 e. The molecule has 2 N–H and O–H groups in total. The Hall–Kier alpha value is -3.37. The average Bonchev–Trinajstić information content (AvgIpc) is 2.84. The van der Waals surface area contributed by atoms with E-state index in [0.29, 0.717) is 5.92 Å². The number of carbonyl (C=O) groups is 2. The van der Waals surface area contributed by atoms with Gasteiger partial charge in [-0.15, -0.1) is 0 Å². The number of methoxy groups -OCH3 is 1. The van der Waals surface area contributed by atoms with Gasteiger partial charge >= 0.3 is 5.97 Å². The van der Waals surface area contributed by atoms with Gasteiger partial charge in [0.15, 0.2) is 5.65 Å². The molecule has 0 saturated heterocycles. The summed E-state index contributed by atoms with van der Waals surface area (Å²) < 4.78 is 32.1. The maximum atomic E-state index is 12.6. The second kappa shape index (κ2) is 10.9. The monoisotopic (exact) mass is 496 g/mol. The highest BCUT2D eigenvalue weighted by molar-refractivity contribution is 7.89. The molecule has 35 heavy (non-hydrogen) atoms. The number of aryl methyl sites for hydroxylation is 1. The van der Waals surface area contributed by atoms with Gasteiger partial charge in [0, 0.05) is 23.3 Å². The molecule has 0 aliphatic heterocycles. The van der Waals surface area contributed by atoms with Gasteiger partial charge in [0.25, 0.3) is 0 Å². The Bertz CT molecular complexity index is 1290. The van der Waals surface area contributed by atoms with E-state index in [1.807, 2.05) is 24.3 Å². The van der Waals surface area contributed by atoms with Gasteiger partial charge in [-0.25, -0.2) is 18.4 Å². The number of hydrogen-bond acceptors (Lipinski definition) is 7. The number of hydrogen-bond donors (Lipinski definition) is 2. The molecule has 1 aromatic carbocycles. The van der Waals surface area contributed by atoms with Gasteiger partial charge in [-0.2, -0.15) is 4.72 Å². The molecule has 4 rings (SSSR count). The number of nitrogens with one attached hydrogen (secondary N) is 2. The minimum atomic E-state index is -3.98. The summed E-state index contributed by atoms with van der Waals surface area (Å²) in [4.78, 5) is 33.6. The second-order valence-electron chi connectivity index (χ2n) is 8.71. The van der Waals surface area contributed by atoms with Crippen LogP contribution < -0.4 is 10.0 Å². The van der Waals surface area contributed by atoms with E-state index in [2.05, 4.69) is 20.0 Å². The lowest BCUT2D eigenvalue weighted by atomic mass is 9.77. The molecule has 2 heterocycles. The number of benzene rings is 1. The molecule has 1 amide bonds. The van der Waals surface area contributed by atoms with Crippen molar-refractivity contribution in [3.05, 3.63) is 66.5 Å². The van der Waals surface area contributed by atoms with Gasteiger partial charge in [0.2, 0.25) is 15.9 Å². The van der Waals surface area contributed by atoms with Crippen LogP contribution in [0.4, 0.5) is 0 Å². The molecular formula is C25H28N4O5S. The molecule has 9 nitrogen and oxygen atoms in total. The summed E-state index contributed by atoms with van der Waals surface area (Å²) in [6, 6.07) is 14.3. The summed E-state index contributed by atoms with van der Waals surface area (Å²) >= 11 is 0. The highest BCUT2D eigenvalue weighted by atomic mass is 32.2. The van der Waals surface area contributed by atoms with Crippen molar-refractivity contribution in [3.63, 3.8) is 0 Å². The minimum absolute atomic E-state index is 0.00255. The molecule has 0 bridgehead atoms. The van der Waals surface area contributed by atoms with Crippen LogP contribution in [0.2, 0.25) is 0 Å². The maximum Gasteiger partial charge on any atom is 0.324 e. The Kier molecular flexibility index (Phi) is 7.72. The van der Waals surface area contributed by atoms with Gasteiger partial charge in [0.05, 0.1) is 18.4 Å². The van der Waals surface area contributed by atoms with Crippen LogP contribution in [-0.2, 0) is 30.8 Å². The van der Waals surface area contributed by atoms with Crippen LogP contribution in [0.5, 0.6) is 0 Å². The zero-order valence-electron chi connectivity index (χ0n) is 19.4. The van der Waals surface area contributed by atoms with E-state index in [4.69, 9.17) is 4.74 Å². The Balaban J connectivity index is 1.24. The second-order valence-corrected chi connectivity index (χ2v) is 10.4. The lowest BCUT2D eigenvalue weighted by Crippen LogP contribution is -2.49. The number of amides is 1. The van der Waals surface area contributed by atoms with Crippen molar-refractivity contribution >= 4 is 32.9 Å². The molecule has 0 unspecified atom stereocenters. The fourth-order valence-electron chi connectivity index (χ4n) is 4.22. The zero-order valence-corrected chi connectivity index (χ0v) is 20.2. The van der Waals surface area contributed by atoms with Gasteiger partial charge < -0.3 is 10.1 Å². The molecule has 0 radical (unpaired) electrons. The topological polar surface area (TPSA) is 127 Å². The maximum absolute atomic E-state index is 12.6. The zero-order chi connectivity index (χ0) is 24.8. The first-order chi connectivity index (χ1) is 16.8. The number of esters is 1. The van der Waals surface area contributed by atoms with E-state index in [1.165, 1.54) is 12.1 Å². The third-order valence-corrected chi connectivity index (χ3v) is 7.64. The summed E-state index contributed by atoms with van der Waals surface area (Å²) in [5, 5.41) is 3.91. The van der Waals surface area contributed by atoms with Crippen molar-refractivity contribution in [1.82, 2.24) is 20.0 Å². The van der Waals surface area contributed by atoms with E-state index in [0.717, 1.165) is 49.5 Å². The van der Waals surface area contributed by atoms with Crippen LogP contribution in [0.15, 0.2) is 65.7 Å². The third-order valence-electron chi connectivity index (χ3n) is 6.16. The van der Waals surface area contributed by atoms with Gasteiger partial charge in [-0.3, -0.25) is 9.59 Å². The van der Waals surface area contributed by atoms with Crippen LogP contribution >= 0.6 is 0 Å². The Morgan fingerprint density at radius 2 is 1.86 bits per heavy atom. The Morgan fingerprint density at radius 3 is 2.60 bits per heavy atom. The molecular weight excluding hydrogens is 468 g/mol. The van der Waals surface area contributed by atoms with Crippen molar-refractivity contribution in [3.8, 4) is 0 Å². The molecule has 10 heteroatoms. The number of ether oxygens (including phenoxy) is 1. The van der Waals surface area contributed by atoms with Crippen LogP contribution in [0.3, 0.4) is 0 Å². The molecule has 1 atom stereocenters. The summed E-state index contributed by atoms with van der Waals surface area (Å²) in [5.74, 6) is -0.750. The van der Waals surface area contributed by atoms with Crippen molar-refractivity contribution in [2.45, 2.75) is 49.1 Å². The molecule has 1 aliphatic rings. The highest BCUT2D eigenvalue weighted by Crippen LogP contribution is 2.31. The van der Waals surface area contributed by atoms with E-state index in [-0.39, 0.29) is 17.4 Å². The molecule has 3 aromatic rings. The summed E-state index contributed by atoms with van der Waals surface area (Å²) in [6.07, 6.45) is 4.85. The number of fused-ring (bicyclic) bond motifs is 1. The Morgan fingerprint density at radius 1 is 1.09 bits per heavy atom. The number of nitrogens with zero attached hydrogens (tertiary/aromatic N) is 2. The Labute approximate surface area is 204 Å². The minimum Gasteiger partial charge on any atom is -0.468 e. The van der Waals surface area contributed by atoms with Gasteiger partial charge in [-0.05, 0) is 68.0 Å². The van der Waals surface area contributed by atoms with Crippen molar-refractivity contribution in [2.24, 2.45) is 5.92 Å². The molecule has 1 saturated carbocycles. The molecule has 1 aliphatic carbocycles. The van der Waals surface area contributed by atoms with E-state index < -0.39 is 27.9 Å². The first kappa shape index (κ1) is 24.7. The van der Waals surface area contributed by atoms with Crippen LogP contribution in [-0.4, -0.2) is 49.5 Å². The van der Waals surface area contributed by atoms with Crippen molar-refractivity contribution in [1.29, 1.82) is 0 Å².